The van der Waals surface area contributed by atoms with Crippen LogP contribution < -0.4 is 5.32 Å². The van der Waals surface area contributed by atoms with Crippen LogP contribution in [-0.2, 0) is 19.5 Å². The van der Waals surface area contributed by atoms with Gasteiger partial charge < -0.3 is 5.32 Å². The van der Waals surface area contributed by atoms with Crippen LogP contribution in [0.2, 0.25) is 0 Å². The standard InChI is InChI=1S/C18H25N3/c1-3-6-18-16(11-19-17-9-10-17)12-20-21(18)13-15-8-5-4-7-14(15)2/h4-5,7-8,12,17,19H,3,6,9-11,13H2,1-2H3. The first-order chi connectivity index (χ1) is 10.3. The maximum Gasteiger partial charge on any atom is 0.0665 e. The minimum absolute atomic E-state index is 0.749. The highest BCUT2D eigenvalue weighted by Crippen LogP contribution is 2.21. The molecule has 3 rings (SSSR count). The number of aromatic nitrogens is 2. The van der Waals surface area contributed by atoms with Crippen LogP contribution in [-0.4, -0.2) is 15.8 Å². The molecule has 2 aromatic rings. The van der Waals surface area contributed by atoms with Crippen LogP contribution in [0.3, 0.4) is 0 Å². The largest absolute Gasteiger partial charge is 0.310 e. The smallest absolute Gasteiger partial charge is 0.0665 e. The van der Waals surface area contributed by atoms with Gasteiger partial charge in [0.1, 0.15) is 0 Å². The fourth-order valence-electron chi connectivity index (χ4n) is 2.75. The molecular weight excluding hydrogens is 258 g/mol. The minimum atomic E-state index is 0.749. The van der Waals surface area contributed by atoms with Crippen LogP contribution in [0.25, 0.3) is 0 Å². The quantitative estimate of drug-likeness (QED) is 0.843. The van der Waals surface area contributed by atoms with Crippen molar-refractivity contribution < 1.29 is 0 Å². The lowest BCUT2D eigenvalue weighted by molar-refractivity contribution is 0.625. The van der Waals surface area contributed by atoms with Gasteiger partial charge in [-0.25, -0.2) is 0 Å². The summed E-state index contributed by atoms with van der Waals surface area (Å²) in [6, 6.07) is 9.34. The van der Waals surface area contributed by atoms with E-state index >= 15 is 0 Å². The van der Waals surface area contributed by atoms with Crippen molar-refractivity contribution in [2.75, 3.05) is 0 Å². The molecule has 3 nitrogen and oxygen atoms in total. The second-order valence-electron chi connectivity index (χ2n) is 6.11. The minimum Gasteiger partial charge on any atom is -0.310 e. The summed E-state index contributed by atoms with van der Waals surface area (Å²) in [5, 5.41) is 8.25. The molecule has 1 N–H and O–H groups in total. The molecule has 1 aromatic heterocycles. The third kappa shape index (κ3) is 3.53. The van der Waals surface area contributed by atoms with E-state index in [9.17, 15) is 0 Å². The number of aryl methyl sites for hydroxylation is 1. The van der Waals surface area contributed by atoms with E-state index in [2.05, 4.69) is 59.4 Å². The van der Waals surface area contributed by atoms with Gasteiger partial charge in [0.15, 0.2) is 0 Å². The maximum absolute atomic E-state index is 4.65. The molecule has 1 aliphatic carbocycles. The fourth-order valence-corrected chi connectivity index (χ4v) is 2.75. The number of benzene rings is 1. The van der Waals surface area contributed by atoms with E-state index in [4.69, 9.17) is 0 Å². The van der Waals surface area contributed by atoms with Crippen molar-refractivity contribution in [3.8, 4) is 0 Å². The second-order valence-corrected chi connectivity index (χ2v) is 6.11. The van der Waals surface area contributed by atoms with Gasteiger partial charge in [-0.1, -0.05) is 37.6 Å². The fraction of sp³-hybridized carbons (Fsp3) is 0.500. The summed E-state index contributed by atoms with van der Waals surface area (Å²) in [5.41, 5.74) is 5.47. The highest BCUT2D eigenvalue weighted by atomic mass is 15.3. The molecule has 0 unspecified atom stereocenters. The van der Waals surface area contributed by atoms with Crippen molar-refractivity contribution in [2.24, 2.45) is 0 Å². The van der Waals surface area contributed by atoms with Crippen LogP contribution in [0.15, 0.2) is 30.5 Å². The number of nitrogens with one attached hydrogen (secondary N) is 1. The third-order valence-electron chi connectivity index (χ3n) is 4.26. The van der Waals surface area contributed by atoms with E-state index in [-0.39, 0.29) is 0 Å². The number of hydrogen-bond donors (Lipinski definition) is 1. The van der Waals surface area contributed by atoms with Crippen molar-refractivity contribution in [1.82, 2.24) is 15.1 Å². The molecule has 1 aromatic carbocycles. The predicted octanol–water partition coefficient (Wildman–Crippen LogP) is 3.44. The van der Waals surface area contributed by atoms with Crippen LogP contribution >= 0.6 is 0 Å². The third-order valence-corrected chi connectivity index (χ3v) is 4.26. The van der Waals surface area contributed by atoms with Crippen molar-refractivity contribution in [3.63, 3.8) is 0 Å². The molecule has 0 atom stereocenters. The zero-order valence-electron chi connectivity index (χ0n) is 13.1. The Labute approximate surface area is 127 Å². The summed E-state index contributed by atoms with van der Waals surface area (Å²) in [6.45, 7) is 6.26. The Morgan fingerprint density at radius 3 is 2.76 bits per heavy atom. The predicted molar refractivity (Wildman–Crippen MR) is 86.4 cm³/mol. The normalized spacial score (nSPS) is 14.6. The molecule has 1 heterocycles. The summed E-state index contributed by atoms with van der Waals surface area (Å²) in [4.78, 5) is 0. The highest BCUT2D eigenvalue weighted by molar-refractivity contribution is 5.27. The van der Waals surface area contributed by atoms with E-state index in [1.165, 1.54) is 35.2 Å². The highest BCUT2D eigenvalue weighted by Gasteiger charge is 2.21. The summed E-state index contributed by atoms with van der Waals surface area (Å²) >= 11 is 0. The van der Waals surface area contributed by atoms with Gasteiger partial charge in [0.25, 0.3) is 0 Å². The molecule has 3 heteroatoms. The molecule has 0 aliphatic heterocycles. The van der Waals surface area contributed by atoms with Crippen LogP contribution in [0.5, 0.6) is 0 Å². The molecule has 0 bridgehead atoms. The Bertz CT molecular complexity index is 596. The lowest BCUT2D eigenvalue weighted by atomic mass is 10.1. The maximum atomic E-state index is 4.65. The molecule has 112 valence electrons. The van der Waals surface area contributed by atoms with Crippen molar-refractivity contribution >= 4 is 0 Å². The summed E-state index contributed by atoms with van der Waals surface area (Å²) < 4.78 is 2.19. The van der Waals surface area contributed by atoms with Gasteiger partial charge in [-0.05, 0) is 37.3 Å². The zero-order valence-corrected chi connectivity index (χ0v) is 13.1. The Balaban J connectivity index is 1.78. The van der Waals surface area contributed by atoms with Crippen molar-refractivity contribution in [2.45, 2.75) is 58.7 Å². The van der Waals surface area contributed by atoms with Gasteiger partial charge in [-0.2, -0.15) is 5.10 Å². The SMILES string of the molecule is CCCc1c(CNC2CC2)cnn1Cc1ccccc1C. The topological polar surface area (TPSA) is 29.9 Å². The number of nitrogens with zero attached hydrogens (tertiary/aromatic N) is 2. The second kappa shape index (κ2) is 6.44. The Kier molecular flexibility index (Phi) is 4.39. The molecule has 0 spiro atoms. The average Bonchev–Trinajstić information content (AvgIpc) is 3.24. The van der Waals surface area contributed by atoms with E-state index in [1.807, 2.05) is 0 Å². The first-order valence-corrected chi connectivity index (χ1v) is 8.09. The lowest BCUT2D eigenvalue weighted by Gasteiger charge is -2.11. The zero-order chi connectivity index (χ0) is 14.7. The first kappa shape index (κ1) is 14.3. The lowest BCUT2D eigenvalue weighted by Crippen LogP contribution is -2.17. The van der Waals surface area contributed by atoms with Crippen LogP contribution in [0, 0.1) is 6.92 Å². The Morgan fingerprint density at radius 2 is 2.05 bits per heavy atom. The van der Waals surface area contributed by atoms with E-state index in [0.29, 0.717) is 0 Å². The van der Waals surface area contributed by atoms with Crippen molar-refractivity contribution in [1.29, 1.82) is 0 Å². The Hall–Kier alpha value is -1.61. The number of hydrogen-bond acceptors (Lipinski definition) is 2. The number of rotatable bonds is 7. The van der Waals surface area contributed by atoms with E-state index in [0.717, 1.165) is 32.0 Å². The molecule has 1 fully saturated rings. The molecule has 1 aliphatic rings. The van der Waals surface area contributed by atoms with E-state index < -0.39 is 0 Å². The molecule has 0 saturated heterocycles. The van der Waals surface area contributed by atoms with Gasteiger partial charge in [-0.15, -0.1) is 0 Å². The Morgan fingerprint density at radius 1 is 1.24 bits per heavy atom. The molecule has 1 saturated carbocycles. The van der Waals surface area contributed by atoms with Gasteiger partial charge in [-0.3, -0.25) is 4.68 Å². The van der Waals surface area contributed by atoms with Gasteiger partial charge in [0.05, 0.1) is 12.7 Å². The summed E-state index contributed by atoms with van der Waals surface area (Å²) in [5.74, 6) is 0. The molecule has 21 heavy (non-hydrogen) atoms. The summed E-state index contributed by atoms with van der Waals surface area (Å²) in [6.07, 6.45) is 6.99. The monoisotopic (exact) mass is 283 g/mol. The van der Waals surface area contributed by atoms with Crippen LogP contribution in [0.4, 0.5) is 0 Å². The van der Waals surface area contributed by atoms with Crippen LogP contribution in [0.1, 0.15) is 48.6 Å². The van der Waals surface area contributed by atoms with Gasteiger partial charge >= 0.3 is 0 Å². The average molecular weight is 283 g/mol. The van der Waals surface area contributed by atoms with E-state index in [1.54, 1.807) is 0 Å². The first-order valence-electron chi connectivity index (χ1n) is 8.09. The molecule has 0 radical (unpaired) electrons. The van der Waals surface area contributed by atoms with Gasteiger partial charge in [0, 0.05) is 23.8 Å². The molecule has 0 amide bonds. The van der Waals surface area contributed by atoms with Gasteiger partial charge in [0.2, 0.25) is 0 Å². The molecular formula is C18H25N3. The van der Waals surface area contributed by atoms with Crippen molar-refractivity contribution in [3.05, 3.63) is 52.8 Å². The summed E-state index contributed by atoms with van der Waals surface area (Å²) in [7, 11) is 0.